The predicted molar refractivity (Wildman–Crippen MR) is 70.1 cm³/mol. The Morgan fingerprint density at radius 2 is 2.00 bits per heavy atom. The van der Waals surface area contributed by atoms with Gasteiger partial charge in [-0.2, -0.15) is 0 Å². The molecule has 0 aliphatic carbocycles. The average Bonchev–Trinajstić information content (AvgIpc) is 2.38. The SMILES string of the molecule is Cc1cnc(CNC(C)c2ccccc2O)cn1. The monoisotopic (exact) mass is 243 g/mol. The van der Waals surface area contributed by atoms with Crippen molar-refractivity contribution in [3.05, 3.63) is 53.6 Å². The standard InChI is InChI=1S/C14H17N3O/c1-10-7-17-12(8-15-10)9-16-11(2)13-5-3-4-6-14(13)18/h3-8,11,16,18H,9H2,1-2H3. The zero-order chi connectivity index (χ0) is 13.0. The number of aryl methyl sites for hydroxylation is 1. The maximum absolute atomic E-state index is 9.75. The van der Waals surface area contributed by atoms with Crippen molar-refractivity contribution in [3.63, 3.8) is 0 Å². The fourth-order valence-corrected chi connectivity index (χ4v) is 1.73. The van der Waals surface area contributed by atoms with E-state index < -0.39 is 0 Å². The van der Waals surface area contributed by atoms with Gasteiger partial charge in [0, 0.05) is 30.5 Å². The van der Waals surface area contributed by atoms with Gasteiger partial charge < -0.3 is 10.4 Å². The van der Waals surface area contributed by atoms with Crippen molar-refractivity contribution in [2.24, 2.45) is 0 Å². The van der Waals surface area contributed by atoms with Gasteiger partial charge in [-0.05, 0) is 19.9 Å². The largest absolute Gasteiger partial charge is 0.508 e. The molecule has 1 atom stereocenters. The van der Waals surface area contributed by atoms with Gasteiger partial charge in [0.15, 0.2) is 0 Å². The van der Waals surface area contributed by atoms with E-state index in [1.165, 1.54) is 0 Å². The van der Waals surface area contributed by atoms with Gasteiger partial charge in [0.05, 0.1) is 11.4 Å². The zero-order valence-corrected chi connectivity index (χ0v) is 10.6. The number of hydrogen-bond acceptors (Lipinski definition) is 4. The topological polar surface area (TPSA) is 58.0 Å². The lowest BCUT2D eigenvalue weighted by Gasteiger charge is -2.15. The van der Waals surface area contributed by atoms with Crippen molar-refractivity contribution in [1.82, 2.24) is 15.3 Å². The summed E-state index contributed by atoms with van der Waals surface area (Å²) in [6, 6.07) is 7.40. The fourth-order valence-electron chi connectivity index (χ4n) is 1.73. The molecule has 2 rings (SSSR count). The molecule has 4 heteroatoms. The molecule has 1 unspecified atom stereocenters. The fraction of sp³-hybridized carbons (Fsp3) is 0.286. The Balaban J connectivity index is 1.98. The van der Waals surface area contributed by atoms with Crippen LogP contribution in [0.5, 0.6) is 5.75 Å². The van der Waals surface area contributed by atoms with Gasteiger partial charge in [-0.15, -0.1) is 0 Å². The van der Waals surface area contributed by atoms with Crippen molar-refractivity contribution < 1.29 is 5.11 Å². The molecule has 0 fully saturated rings. The summed E-state index contributed by atoms with van der Waals surface area (Å²) in [5, 5.41) is 13.1. The van der Waals surface area contributed by atoms with Crippen LogP contribution in [-0.4, -0.2) is 15.1 Å². The molecule has 0 saturated heterocycles. The van der Waals surface area contributed by atoms with Gasteiger partial charge in [-0.3, -0.25) is 9.97 Å². The van der Waals surface area contributed by atoms with Crippen LogP contribution in [0.1, 0.15) is 29.9 Å². The lowest BCUT2D eigenvalue weighted by molar-refractivity contribution is 0.451. The highest BCUT2D eigenvalue weighted by Gasteiger charge is 2.09. The molecule has 4 nitrogen and oxygen atoms in total. The lowest BCUT2D eigenvalue weighted by Crippen LogP contribution is -2.19. The first-order chi connectivity index (χ1) is 8.66. The summed E-state index contributed by atoms with van der Waals surface area (Å²) < 4.78 is 0. The molecule has 2 aromatic rings. The van der Waals surface area contributed by atoms with Crippen LogP contribution < -0.4 is 5.32 Å². The second-order valence-corrected chi connectivity index (χ2v) is 4.31. The summed E-state index contributed by atoms with van der Waals surface area (Å²) >= 11 is 0. The number of benzene rings is 1. The number of phenols is 1. The molecule has 0 bridgehead atoms. The first kappa shape index (κ1) is 12.5. The molecule has 1 aromatic heterocycles. The summed E-state index contributed by atoms with van der Waals surface area (Å²) in [7, 11) is 0. The number of rotatable bonds is 4. The second kappa shape index (κ2) is 5.60. The van der Waals surface area contributed by atoms with Crippen molar-refractivity contribution >= 4 is 0 Å². The minimum atomic E-state index is 0.0642. The normalized spacial score (nSPS) is 12.3. The summed E-state index contributed by atoms with van der Waals surface area (Å²) in [6.45, 7) is 4.55. The van der Waals surface area contributed by atoms with Crippen LogP contribution in [0.3, 0.4) is 0 Å². The minimum absolute atomic E-state index is 0.0642. The van der Waals surface area contributed by atoms with E-state index in [9.17, 15) is 5.11 Å². The van der Waals surface area contributed by atoms with Crippen molar-refractivity contribution in [1.29, 1.82) is 0 Å². The first-order valence-electron chi connectivity index (χ1n) is 5.95. The van der Waals surface area contributed by atoms with Gasteiger partial charge in [0.2, 0.25) is 0 Å². The molecule has 0 radical (unpaired) electrons. The highest BCUT2D eigenvalue weighted by Crippen LogP contribution is 2.23. The Hall–Kier alpha value is -1.94. The maximum atomic E-state index is 9.75. The van der Waals surface area contributed by atoms with Gasteiger partial charge in [-0.1, -0.05) is 18.2 Å². The zero-order valence-electron chi connectivity index (χ0n) is 10.6. The third-order valence-corrected chi connectivity index (χ3v) is 2.83. The van der Waals surface area contributed by atoms with Crippen LogP contribution in [0.25, 0.3) is 0 Å². The van der Waals surface area contributed by atoms with E-state index in [2.05, 4.69) is 15.3 Å². The van der Waals surface area contributed by atoms with Crippen LogP contribution in [0.2, 0.25) is 0 Å². The number of hydrogen-bond donors (Lipinski definition) is 2. The van der Waals surface area contributed by atoms with Crippen LogP contribution in [0.4, 0.5) is 0 Å². The van der Waals surface area contributed by atoms with E-state index in [-0.39, 0.29) is 6.04 Å². The molecule has 0 saturated carbocycles. The molecule has 94 valence electrons. The van der Waals surface area contributed by atoms with E-state index in [0.29, 0.717) is 12.3 Å². The third kappa shape index (κ3) is 3.05. The summed E-state index contributed by atoms with van der Waals surface area (Å²) in [5.41, 5.74) is 2.69. The molecular weight excluding hydrogens is 226 g/mol. The summed E-state index contributed by atoms with van der Waals surface area (Å²) in [6.07, 6.45) is 3.52. The maximum Gasteiger partial charge on any atom is 0.120 e. The van der Waals surface area contributed by atoms with Crippen LogP contribution in [-0.2, 0) is 6.54 Å². The summed E-state index contributed by atoms with van der Waals surface area (Å²) in [5.74, 6) is 0.312. The van der Waals surface area contributed by atoms with Gasteiger partial charge in [0.1, 0.15) is 5.75 Å². The third-order valence-electron chi connectivity index (χ3n) is 2.83. The van der Waals surface area contributed by atoms with E-state index >= 15 is 0 Å². The second-order valence-electron chi connectivity index (χ2n) is 4.31. The number of aromatic hydroxyl groups is 1. The van der Waals surface area contributed by atoms with Crippen LogP contribution >= 0.6 is 0 Å². The Kier molecular flexibility index (Phi) is 3.89. The molecule has 1 aromatic carbocycles. The van der Waals surface area contributed by atoms with E-state index in [1.54, 1.807) is 18.5 Å². The van der Waals surface area contributed by atoms with Crippen LogP contribution in [0.15, 0.2) is 36.7 Å². The molecule has 0 amide bonds. The Bertz CT molecular complexity index is 511. The van der Waals surface area contributed by atoms with Crippen molar-refractivity contribution in [3.8, 4) is 5.75 Å². The first-order valence-corrected chi connectivity index (χ1v) is 5.95. The molecule has 18 heavy (non-hydrogen) atoms. The number of phenolic OH excluding ortho intramolecular Hbond substituents is 1. The number of nitrogens with zero attached hydrogens (tertiary/aromatic N) is 2. The highest BCUT2D eigenvalue weighted by molar-refractivity contribution is 5.34. The summed E-state index contributed by atoms with van der Waals surface area (Å²) in [4.78, 5) is 8.47. The Labute approximate surface area is 107 Å². The number of aromatic nitrogens is 2. The molecule has 2 N–H and O–H groups in total. The number of para-hydroxylation sites is 1. The van der Waals surface area contributed by atoms with E-state index in [1.807, 2.05) is 32.0 Å². The van der Waals surface area contributed by atoms with Gasteiger partial charge in [0.25, 0.3) is 0 Å². The van der Waals surface area contributed by atoms with Crippen LogP contribution in [0, 0.1) is 6.92 Å². The Morgan fingerprint density at radius 3 is 2.67 bits per heavy atom. The average molecular weight is 243 g/mol. The van der Waals surface area contributed by atoms with E-state index in [0.717, 1.165) is 17.0 Å². The quantitative estimate of drug-likeness (QED) is 0.865. The van der Waals surface area contributed by atoms with Crippen molar-refractivity contribution in [2.45, 2.75) is 26.4 Å². The predicted octanol–water partition coefficient (Wildman–Crippen LogP) is 2.34. The van der Waals surface area contributed by atoms with Gasteiger partial charge in [-0.25, -0.2) is 0 Å². The molecule has 1 heterocycles. The van der Waals surface area contributed by atoms with Crippen molar-refractivity contribution in [2.75, 3.05) is 0 Å². The number of nitrogens with one attached hydrogen (secondary N) is 1. The molecule has 0 spiro atoms. The van der Waals surface area contributed by atoms with E-state index in [4.69, 9.17) is 0 Å². The molecule has 0 aliphatic rings. The minimum Gasteiger partial charge on any atom is -0.508 e. The molecule has 0 aliphatic heterocycles. The molecular formula is C14H17N3O. The van der Waals surface area contributed by atoms with Gasteiger partial charge >= 0.3 is 0 Å². The lowest BCUT2D eigenvalue weighted by atomic mass is 10.1. The smallest absolute Gasteiger partial charge is 0.120 e. The Morgan fingerprint density at radius 1 is 1.22 bits per heavy atom. The highest BCUT2D eigenvalue weighted by atomic mass is 16.3.